The molecule has 0 aliphatic heterocycles. The molecule has 21 heavy (non-hydrogen) atoms. The van der Waals surface area contributed by atoms with Crippen molar-refractivity contribution in [3.8, 4) is 0 Å². The van der Waals surface area contributed by atoms with E-state index in [4.69, 9.17) is 0 Å². The van der Waals surface area contributed by atoms with Crippen LogP contribution in [-0.4, -0.2) is 5.78 Å². The Morgan fingerprint density at radius 2 is 1.71 bits per heavy atom. The van der Waals surface area contributed by atoms with Crippen LogP contribution >= 0.6 is 0 Å². The lowest BCUT2D eigenvalue weighted by Crippen LogP contribution is -2.06. The number of hydrogen-bond acceptors (Lipinski definition) is 1. The Morgan fingerprint density at radius 1 is 0.952 bits per heavy atom. The lowest BCUT2D eigenvalue weighted by molar-refractivity contribution is 0.0989. The van der Waals surface area contributed by atoms with Gasteiger partial charge in [-0.25, -0.2) is 4.39 Å². The third-order valence-electron chi connectivity index (χ3n) is 3.60. The second-order valence-corrected chi connectivity index (χ2v) is 5.26. The van der Waals surface area contributed by atoms with Gasteiger partial charge in [0, 0.05) is 6.42 Å². The van der Waals surface area contributed by atoms with Gasteiger partial charge in [0.25, 0.3) is 0 Å². The summed E-state index contributed by atoms with van der Waals surface area (Å²) in [5.74, 6) is -0.641. The van der Waals surface area contributed by atoms with Crippen molar-refractivity contribution in [3.63, 3.8) is 0 Å². The molecule has 0 amide bonds. The van der Waals surface area contributed by atoms with E-state index < -0.39 is 5.82 Å². The quantitative estimate of drug-likeness (QED) is 0.634. The van der Waals surface area contributed by atoms with Crippen molar-refractivity contribution in [3.05, 3.63) is 83.2 Å². The molecular formula is C19H15FO. The van der Waals surface area contributed by atoms with Crippen LogP contribution in [0.4, 0.5) is 4.39 Å². The molecule has 104 valence electrons. The average Bonchev–Trinajstić information content (AvgIpc) is 2.49. The lowest BCUT2D eigenvalue weighted by Gasteiger charge is -2.06. The van der Waals surface area contributed by atoms with Crippen LogP contribution in [0.2, 0.25) is 0 Å². The van der Waals surface area contributed by atoms with E-state index in [1.807, 2.05) is 49.4 Å². The van der Waals surface area contributed by atoms with Crippen LogP contribution in [-0.2, 0) is 6.42 Å². The van der Waals surface area contributed by atoms with E-state index >= 15 is 0 Å². The van der Waals surface area contributed by atoms with Gasteiger partial charge in [-0.05, 0) is 35.4 Å². The van der Waals surface area contributed by atoms with Gasteiger partial charge in [-0.3, -0.25) is 4.79 Å². The Labute approximate surface area is 123 Å². The summed E-state index contributed by atoms with van der Waals surface area (Å²) >= 11 is 0. The molecule has 0 bridgehead atoms. The number of aryl methyl sites for hydroxylation is 1. The molecule has 0 unspecified atom stereocenters. The van der Waals surface area contributed by atoms with Crippen LogP contribution in [0.3, 0.4) is 0 Å². The van der Waals surface area contributed by atoms with Crippen molar-refractivity contribution < 1.29 is 9.18 Å². The van der Waals surface area contributed by atoms with Gasteiger partial charge >= 0.3 is 0 Å². The normalized spacial score (nSPS) is 10.8. The minimum absolute atomic E-state index is 0.170. The summed E-state index contributed by atoms with van der Waals surface area (Å²) in [6.45, 7) is 1.85. The zero-order valence-corrected chi connectivity index (χ0v) is 11.8. The predicted molar refractivity (Wildman–Crippen MR) is 83.1 cm³/mol. The molecular weight excluding hydrogens is 263 g/mol. The van der Waals surface area contributed by atoms with Crippen molar-refractivity contribution in [2.45, 2.75) is 13.3 Å². The molecule has 0 aliphatic carbocycles. The SMILES string of the molecule is Cc1ccc(F)c(C(=O)Cc2ccc3ccccc3c2)c1. The third-order valence-corrected chi connectivity index (χ3v) is 3.60. The Morgan fingerprint density at radius 3 is 2.52 bits per heavy atom. The Bertz CT molecular complexity index is 821. The fourth-order valence-corrected chi connectivity index (χ4v) is 2.48. The minimum Gasteiger partial charge on any atom is -0.294 e. The molecule has 0 atom stereocenters. The maximum absolute atomic E-state index is 13.8. The molecule has 0 fully saturated rings. The Balaban J connectivity index is 1.90. The fraction of sp³-hybridized carbons (Fsp3) is 0.105. The van der Waals surface area contributed by atoms with Gasteiger partial charge in [0.15, 0.2) is 5.78 Å². The first kappa shape index (κ1) is 13.5. The van der Waals surface area contributed by atoms with Crippen LogP contribution < -0.4 is 0 Å². The number of hydrogen-bond donors (Lipinski definition) is 0. The molecule has 1 nitrogen and oxygen atoms in total. The van der Waals surface area contributed by atoms with E-state index in [1.54, 1.807) is 12.1 Å². The number of halogens is 1. The molecule has 3 rings (SSSR count). The second-order valence-electron chi connectivity index (χ2n) is 5.26. The standard InChI is InChI=1S/C19H15FO/c1-13-6-9-18(20)17(10-13)19(21)12-14-7-8-15-4-2-3-5-16(15)11-14/h2-11H,12H2,1H3. The smallest absolute Gasteiger partial charge is 0.170 e. The van der Waals surface area contributed by atoms with Crippen LogP contribution in [0.15, 0.2) is 60.7 Å². The van der Waals surface area contributed by atoms with E-state index in [-0.39, 0.29) is 17.8 Å². The summed E-state index contributed by atoms with van der Waals surface area (Å²) in [6, 6.07) is 18.5. The summed E-state index contributed by atoms with van der Waals surface area (Å²) in [5, 5.41) is 2.22. The number of benzene rings is 3. The van der Waals surface area contributed by atoms with Gasteiger partial charge in [0.05, 0.1) is 5.56 Å². The summed E-state index contributed by atoms with van der Waals surface area (Å²) in [4.78, 5) is 12.3. The van der Waals surface area contributed by atoms with E-state index in [1.165, 1.54) is 6.07 Å². The van der Waals surface area contributed by atoms with E-state index in [0.717, 1.165) is 21.9 Å². The van der Waals surface area contributed by atoms with Crippen LogP contribution in [0.1, 0.15) is 21.5 Å². The highest BCUT2D eigenvalue weighted by atomic mass is 19.1. The van der Waals surface area contributed by atoms with E-state index in [0.29, 0.717) is 0 Å². The largest absolute Gasteiger partial charge is 0.294 e. The molecule has 3 aromatic carbocycles. The van der Waals surface area contributed by atoms with Gasteiger partial charge in [-0.15, -0.1) is 0 Å². The lowest BCUT2D eigenvalue weighted by atomic mass is 9.99. The third kappa shape index (κ3) is 2.84. The average molecular weight is 278 g/mol. The van der Waals surface area contributed by atoms with Crippen LogP contribution in [0, 0.1) is 12.7 Å². The highest BCUT2D eigenvalue weighted by Gasteiger charge is 2.12. The van der Waals surface area contributed by atoms with Crippen molar-refractivity contribution in [1.29, 1.82) is 0 Å². The summed E-state index contributed by atoms with van der Waals surface area (Å²) < 4.78 is 13.8. The van der Waals surface area contributed by atoms with Crippen molar-refractivity contribution >= 4 is 16.6 Å². The molecule has 0 heterocycles. The maximum atomic E-state index is 13.8. The van der Waals surface area contributed by atoms with Crippen molar-refractivity contribution in [1.82, 2.24) is 0 Å². The number of Topliss-reactive ketones (excluding diaryl/α,β-unsaturated/α-hetero) is 1. The fourth-order valence-electron chi connectivity index (χ4n) is 2.48. The highest BCUT2D eigenvalue weighted by Crippen LogP contribution is 2.18. The summed E-state index contributed by atoms with van der Waals surface area (Å²) in [7, 11) is 0. The molecule has 2 heteroatoms. The number of carbonyl (C=O) groups is 1. The molecule has 0 aromatic heterocycles. The number of carbonyl (C=O) groups excluding carboxylic acids is 1. The molecule has 0 radical (unpaired) electrons. The first-order valence-electron chi connectivity index (χ1n) is 6.90. The van der Waals surface area contributed by atoms with Crippen molar-refractivity contribution in [2.75, 3.05) is 0 Å². The molecule has 0 aliphatic rings. The number of rotatable bonds is 3. The van der Waals surface area contributed by atoms with Gasteiger partial charge in [0.2, 0.25) is 0 Å². The Hall–Kier alpha value is -2.48. The summed E-state index contributed by atoms with van der Waals surface area (Å²) in [5.41, 5.74) is 1.96. The molecule has 0 N–H and O–H groups in total. The zero-order chi connectivity index (χ0) is 14.8. The van der Waals surface area contributed by atoms with Crippen LogP contribution in [0.5, 0.6) is 0 Å². The summed E-state index contributed by atoms with van der Waals surface area (Å²) in [6.07, 6.45) is 0.213. The maximum Gasteiger partial charge on any atom is 0.170 e. The monoisotopic (exact) mass is 278 g/mol. The number of fused-ring (bicyclic) bond motifs is 1. The highest BCUT2D eigenvalue weighted by molar-refractivity contribution is 5.98. The zero-order valence-electron chi connectivity index (χ0n) is 11.8. The molecule has 0 saturated heterocycles. The van der Waals surface area contributed by atoms with Crippen molar-refractivity contribution in [2.24, 2.45) is 0 Å². The minimum atomic E-state index is -0.452. The van der Waals surface area contributed by atoms with E-state index in [9.17, 15) is 9.18 Å². The Kier molecular flexibility index (Phi) is 3.53. The molecule has 0 saturated carbocycles. The second kappa shape index (κ2) is 5.49. The van der Waals surface area contributed by atoms with Gasteiger partial charge < -0.3 is 0 Å². The first-order chi connectivity index (χ1) is 10.1. The van der Waals surface area contributed by atoms with Gasteiger partial charge in [0.1, 0.15) is 5.82 Å². The van der Waals surface area contributed by atoms with Gasteiger partial charge in [-0.1, -0.05) is 54.1 Å². The topological polar surface area (TPSA) is 17.1 Å². The molecule has 0 spiro atoms. The predicted octanol–water partition coefficient (Wildman–Crippen LogP) is 4.71. The molecule has 3 aromatic rings. The van der Waals surface area contributed by atoms with E-state index in [2.05, 4.69) is 0 Å². The number of ketones is 1. The first-order valence-corrected chi connectivity index (χ1v) is 6.90. The van der Waals surface area contributed by atoms with Gasteiger partial charge in [-0.2, -0.15) is 0 Å². The van der Waals surface area contributed by atoms with Crippen LogP contribution in [0.25, 0.3) is 10.8 Å².